The molecule has 66 valence electrons. The molecule has 11 heavy (non-hydrogen) atoms. The van der Waals surface area contributed by atoms with E-state index in [-0.39, 0.29) is 5.54 Å². The van der Waals surface area contributed by atoms with Gasteiger partial charge in [-0.2, -0.15) is 0 Å². The summed E-state index contributed by atoms with van der Waals surface area (Å²) >= 11 is 0. The summed E-state index contributed by atoms with van der Waals surface area (Å²) in [5.74, 6) is 0. The molecule has 0 heterocycles. The summed E-state index contributed by atoms with van der Waals surface area (Å²) in [6.07, 6.45) is 1.09. The van der Waals surface area contributed by atoms with Gasteiger partial charge in [-0.15, -0.1) is 0 Å². The summed E-state index contributed by atoms with van der Waals surface area (Å²) in [7, 11) is 0. The second-order valence-electron chi connectivity index (χ2n) is 3.24. The van der Waals surface area contributed by atoms with E-state index in [9.17, 15) is 0 Å². The van der Waals surface area contributed by atoms with Crippen LogP contribution in [0.25, 0.3) is 0 Å². The zero-order chi connectivity index (χ0) is 8.91. The van der Waals surface area contributed by atoms with E-state index in [1.807, 2.05) is 20.8 Å². The van der Waals surface area contributed by atoms with Gasteiger partial charge in [-0.25, -0.2) is 0 Å². The van der Waals surface area contributed by atoms with Gasteiger partial charge in [0.2, 0.25) is 0 Å². The predicted molar refractivity (Wildman–Crippen MR) is 47.3 cm³/mol. The fraction of sp³-hybridized carbons (Fsp3) is 0.875. The highest BCUT2D eigenvalue weighted by molar-refractivity contribution is 5.90. The smallest absolute Gasteiger partial charge is 0.0734 e. The van der Waals surface area contributed by atoms with Gasteiger partial charge in [0.15, 0.2) is 0 Å². The minimum absolute atomic E-state index is 0.190. The summed E-state index contributed by atoms with van der Waals surface area (Å²) in [4.78, 5) is 0. The molecule has 0 bridgehead atoms. The largest absolute Gasteiger partial charge is 0.411 e. The lowest BCUT2D eigenvalue weighted by Crippen LogP contribution is -2.45. The number of hydrogen-bond acceptors (Lipinski definition) is 3. The average Bonchev–Trinajstić information content (AvgIpc) is 1.99. The molecular weight excluding hydrogens is 140 g/mol. The third-order valence-corrected chi connectivity index (χ3v) is 1.87. The van der Waals surface area contributed by atoms with Crippen molar-refractivity contribution in [3.8, 4) is 0 Å². The van der Waals surface area contributed by atoms with E-state index in [0.717, 1.165) is 13.0 Å². The third kappa shape index (κ3) is 3.37. The molecule has 0 radical (unpaired) electrons. The van der Waals surface area contributed by atoms with Gasteiger partial charge in [-0.05, 0) is 33.7 Å². The molecule has 0 spiro atoms. The second kappa shape index (κ2) is 4.34. The molecule has 0 saturated carbocycles. The quantitative estimate of drug-likeness (QED) is 0.371. The van der Waals surface area contributed by atoms with Crippen LogP contribution in [0.5, 0.6) is 0 Å². The zero-order valence-electron chi connectivity index (χ0n) is 7.81. The first kappa shape index (κ1) is 10.4. The van der Waals surface area contributed by atoms with Crippen molar-refractivity contribution in [3.05, 3.63) is 0 Å². The molecule has 0 saturated heterocycles. The number of hydrogen-bond donors (Lipinski definition) is 2. The monoisotopic (exact) mass is 158 g/mol. The van der Waals surface area contributed by atoms with E-state index in [1.165, 1.54) is 0 Å². The van der Waals surface area contributed by atoms with Crippen LogP contribution in [0.2, 0.25) is 0 Å². The van der Waals surface area contributed by atoms with Crippen LogP contribution in [0.1, 0.15) is 34.1 Å². The molecule has 0 aromatic carbocycles. The maximum atomic E-state index is 8.52. The minimum atomic E-state index is -0.190. The van der Waals surface area contributed by atoms with Crippen LogP contribution in [-0.2, 0) is 0 Å². The van der Waals surface area contributed by atoms with Crippen molar-refractivity contribution < 1.29 is 5.21 Å². The van der Waals surface area contributed by atoms with E-state index in [2.05, 4.69) is 17.4 Å². The predicted octanol–water partition coefficient (Wildman–Crippen LogP) is 1.61. The highest BCUT2D eigenvalue weighted by Crippen LogP contribution is 2.04. The molecule has 0 rings (SSSR count). The Bertz CT molecular complexity index is 141. The summed E-state index contributed by atoms with van der Waals surface area (Å²) in [5, 5.41) is 15.0. The molecule has 0 atom stereocenters. The van der Waals surface area contributed by atoms with E-state index < -0.39 is 0 Å². The fourth-order valence-electron chi connectivity index (χ4n) is 0.690. The fourth-order valence-corrected chi connectivity index (χ4v) is 0.690. The standard InChI is InChI=1S/C8H18N2O/c1-5-6-9-8(3,4)7(2)10-11/h9,11H,5-6H2,1-4H3. The maximum absolute atomic E-state index is 8.52. The van der Waals surface area contributed by atoms with Crippen molar-refractivity contribution in [2.24, 2.45) is 5.16 Å². The Morgan fingerprint density at radius 1 is 1.55 bits per heavy atom. The minimum Gasteiger partial charge on any atom is -0.411 e. The Labute approximate surface area is 68.5 Å². The summed E-state index contributed by atoms with van der Waals surface area (Å²) in [6, 6.07) is 0. The maximum Gasteiger partial charge on any atom is 0.0734 e. The van der Waals surface area contributed by atoms with Crippen molar-refractivity contribution in [1.82, 2.24) is 5.32 Å². The topological polar surface area (TPSA) is 44.6 Å². The molecule has 3 heteroatoms. The van der Waals surface area contributed by atoms with E-state index >= 15 is 0 Å². The van der Waals surface area contributed by atoms with E-state index in [4.69, 9.17) is 5.21 Å². The molecule has 3 nitrogen and oxygen atoms in total. The van der Waals surface area contributed by atoms with Crippen LogP contribution < -0.4 is 5.32 Å². The number of oxime groups is 1. The first-order valence-corrected chi connectivity index (χ1v) is 3.98. The summed E-state index contributed by atoms with van der Waals surface area (Å²) in [6.45, 7) is 8.85. The van der Waals surface area contributed by atoms with Crippen molar-refractivity contribution in [1.29, 1.82) is 0 Å². The molecule has 0 aromatic rings. The summed E-state index contributed by atoms with van der Waals surface area (Å²) in [5.41, 5.74) is 0.524. The first-order valence-electron chi connectivity index (χ1n) is 3.98. The van der Waals surface area contributed by atoms with Crippen molar-refractivity contribution in [2.45, 2.75) is 39.7 Å². The lowest BCUT2D eigenvalue weighted by molar-refractivity contribution is 0.310. The summed E-state index contributed by atoms with van der Waals surface area (Å²) < 4.78 is 0. The van der Waals surface area contributed by atoms with Crippen LogP contribution >= 0.6 is 0 Å². The molecule has 2 N–H and O–H groups in total. The van der Waals surface area contributed by atoms with E-state index in [0.29, 0.717) is 5.71 Å². The molecule has 0 amide bonds. The van der Waals surface area contributed by atoms with Gasteiger partial charge in [-0.1, -0.05) is 12.1 Å². The van der Waals surface area contributed by atoms with Crippen molar-refractivity contribution in [3.63, 3.8) is 0 Å². The first-order chi connectivity index (χ1) is 5.04. The molecule has 0 unspecified atom stereocenters. The zero-order valence-corrected chi connectivity index (χ0v) is 7.81. The van der Waals surface area contributed by atoms with Crippen LogP contribution in [0, 0.1) is 0 Å². The molecule has 0 aliphatic heterocycles. The number of nitrogens with one attached hydrogen (secondary N) is 1. The molecule has 0 aromatic heterocycles. The highest BCUT2D eigenvalue weighted by atomic mass is 16.4. The van der Waals surface area contributed by atoms with Crippen LogP contribution in [0.3, 0.4) is 0 Å². The third-order valence-electron chi connectivity index (χ3n) is 1.87. The lowest BCUT2D eigenvalue weighted by Gasteiger charge is -2.24. The van der Waals surface area contributed by atoms with E-state index in [1.54, 1.807) is 0 Å². The molecule has 0 fully saturated rings. The average molecular weight is 158 g/mol. The van der Waals surface area contributed by atoms with Gasteiger partial charge in [0.25, 0.3) is 0 Å². The Balaban J connectivity index is 3.99. The number of nitrogens with zero attached hydrogens (tertiary/aromatic N) is 1. The van der Waals surface area contributed by atoms with Gasteiger partial charge in [-0.3, -0.25) is 0 Å². The SMILES string of the molecule is CCCNC(C)(C)C(C)=NO. The van der Waals surface area contributed by atoms with Gasteiger partial charge in [0, 0.05) is 0 Å². The van der Waals surface area contributed by atoms with Gasteiger partial charge in [0.05, 0.1) is 11.3 Å². The molecule has 0 aliphatic carbocycles. The Morgan fingerprint density at radius 3 is 2.45 bits per heavy atom. The van der Waals surface area contributed by atoms with Crippen LogP contribution in [0.4, 0.5) is 0 Å². The Kier molecular flexibility index (Phi) is 4.11. The van der Waals surface area contributed by atoms with Crippen LogP contribution in [-0.4, -0.2) is 23.0 Å². The second-order valence-corrected chi connectivity index (χ2v) is 3.24. The molecular formula is C8H18N2O. The lowest BCUT2D eigenvalue weighted by atomic mass is 10.00. The number of rotatable bonds is 4. The normalized spacial score (nSPS) is 13.6. The Hall–Kier alpha value is -0.570. The van der Waals surface area contributed by atoms with Crippen LogP contribution in [0.15, 0.2) is 5.16 Å². The van der Waals surface area contributed by atoms with Gasteiger partial charge in [0.1, 0.15) is 0 Å². The van der Waals surface area contributed by atoms with Crippen molar-refractivity contribution >= 4 is 5.71 Å². The van der Waals surface area contributed by atoms with Crippen molar-refractivity contribution in [2.75, 3.05) is 6.54 Å². The highest BCUT2D eigenvalue weighted by Gasteiger charge is 2.20. The Morgan fingerprint density at radius 2 is 2.09 bits per heavy atom. The van der Waals surface area contributed by atoms with Gasteiger partial charge >= 0.3 is 0 Å². The molecule has 0 aliphatic rings. The van der Waals surface area contributed by atoms with Gasteiger partial charge < -0.3 is 10.5 Å².